The highest BCUT2D eigenvalue weighted by atomic mass is 16.2. The van der Waals surface area contributed by atoms with Crippen LogP contribution >= 0.6 is 0 Å². The molecule has 3 rings (SSSR count). The molecule has 2 heterocycles. The topological polar surface area (TPSA) is 194 Å². The van der Waals surface area contributed by atoms with Crippen LogP contribution in [0.3, 0.4) is 0 Å². The van der Waals surface area contributed by atoms with E-state index >= 15 is 0 Å². The fourth-order valence-corrected chi connectivity index (χ4v) is 5.56. The lowest BCUT2D eigenvalue weighted by molar-refractivity contribution is -0.140. The van der Waals surface area contributed by atoms with Crippen molar-refractivity contribution >= 4 is 35.4 Å². The van der Waals surface area contributed by atoms with E-state index in [1.54, 1.807) is 6.20 Å². The molecule has 0 aliphatic carbocycles. The molecule has 1 aliphatic heterocycles. The molecule has 0 bridgehead atoms. The molecule has 14 heteroatoms. The first kappa shape index (κ1) is 38.7. The van der Waals surface area contributed by atoms with Gasteiger partial charge in [-0.3, -0.25) is 28.8 Å². The van der Waals surface area contributed by atoms with Gasteiger partial charge >= 0.3 is 0 Å². The maximum atomic E-state index is 13.4. The summed E-state index contributed by atoms with van der Waals surface area (Å²) in [6.07, 6.45) is 5.06. The van der Waals surface area contributed by atoms with E-state index in [-0.39, 0.29) is 36.5 Å². The molecule has 0 spiro atoms. The first-order valence-corrected chi connectivity index (χ1v) is 17.0. The molecule has 0 saturated carbocycles. The summed E-state index contributed by atoms with van der Waals surface area (Å²) in [6, 6.07) is 6.93. The summed E-state index contributed by atoms with van der Waals surface area (Å²) in [4.78, 5) is 87.2. The zero-order valence-electron chi connectivity index (χ0n) is 29.4. The van der Waals surface area contributed by atoms with Gasteiger partial charge in [0.05, 0.1) is 12.9 Å². The Labute approximate surface area is 288 Å². The van der Waals surface area contributed by atoms with Gasteiger partial charge in [-0.1, -0.05) is 64.4 Å². The van der Waals surface area contributed by atoms with Gasteiger partial charge in [0.1, 0.15) is 23.7 Å². The number of hydrogen-bond donors (Lipinski definition) is 6. The summed E-state index contributed by atoms with van der Waals surface area (Å²) in [5.41, 5.74) is 0.125. The van der Waals surface area contributed by atoms with Crippen LogP contribution in [-0.4, -0.2) is 87.1 Å². The normalized spacial score (nSPS) is 16.3. The van der Waals surface area contributed by atoms with Gasteiger partial charge < -0.3 is 36.5 Å². The summed E-state index contributed by atoms with van der Waals surface area (Å²) < 4.78 is 0. The zero-order chi connectivity index (χ0) is 36.1. The van der Waals surface area contributed by atoms with Crippen molar-refractivity contribution in [3.05, 3.63) is 54.1 Å². The Morgan fingerprint density at radius 2 is 1.71 bits per heavy atom. The lowest BCUT2D eigenvalue weighted by Gasteiger charge is -2.30. The van der Waals surface area contributed by atoms with Crippen molar-refractivity contribution in [2.45, 2.75) is 104 Å². The minimum absolute atomic E-state index is 0.0858. The third-order valence-electron chi connectivity index (χ3n) is 8.61. The highest BCUT2D eigenvalue weighted by Crippen LogP contribution is 2.19. The second kappa shape index (κ2) is 18.1. The number of hydrogen-bond acceptors (Lipinski definition) is 7. The minimum Gasteiger partial charge on any atom is -0.350 e. The number of aromatic amines is 1. The van der Waals surface area contributed by atoms with Crippen LogP contribution in [0.1, 0.15) is 78.5 Å². The third-order valence-corrected chi connectivity index (χ3v) is 8.61. The Balaban J connectivity index is 1.58. The molecule has 6 amide bonds. The molecule has 6 N–H and O–H groups in total. The molecule has 0 unspecified atom stereocenters. The molecule has 2 aromatic rings. The van der Waals surface area contributed by atoms with Crippen molar-refractivity contribution in [2.24, 2.45) is 11.8 Å². The van der Waals surface area contributed by atoms with Crippen molar-refractivity contribution in [3.8, 4) is 0 Å². The van der Waals surface area contributed by atoms with Crippen molar-refractivity contribution in [1.29, 1.82) is 0 Å². The number of aromatic nitrogens is 2. The Morgan fingerprint density at radius 3 is 2.35 bits per heavy atom. The number of amides is 6. The number of carbonyl (C=O) groups is 6. The molecule has 4 atom stereocenters. The predicted octanol–water partition coefficient (Wildman–Crippen LogP) is 1.33. The maximum Gasteiger partial charge on any atom is 0.245 e. The largest absolute Gasteiger partial charge is 0.350 e. The molecule has 268 valence electrons. The monoisotopic (exact) mass is 680 g/mol. The summed E-state index contributed by atoms with van der Waals surface area (Å²) >= 11 is 0. The second-order valence-electron chi connectivity index (χ2n) is 13.6. The van der Waals surface area contributed by atoms with E-state index in [9.17, 15) is 28.8 Å². The molecular weight excluding hydrogens is 628 g/mol. The molecule has 49 heavy (non-hydrogen) atoms. The van der Waals surface area contributed by atoms with Crippen LogP contribution < -0.4 is 26.6 Å². The number of nitrogens with zero attached hydrogens (tertiary/aromatic N) is 2. The second-order valence-corrected chi connectivity index (χ2v) is 13.6. The number of imidazole rings is 1. The fourth-order valence-electron chi connectivity index (χ4n) is 5.56. The third kappa shape index (κ3) is 11.7. The Bertz CT molecular complexity index is 1430. The van der Waals surface area contributed by atoms with Crippen molar-refractivity contribution < 1.29 is 28.8 Å². The van der Waals surface area contributed by atoms with Gasteiger partial charge in [0.15, 0.2) is 0 Å². The average molecular weight is 681 g/mol. The molecular formula is C35H52N8O6. The van der Waals surface area contributed by atoms with E-state index in [1.165, 1.54) is 25.1 Å². The van der Waals surface area contributed by atoms with Crippen LogP contribution in [0.25, 0.3) is 0 Å². The smallest absolute Gasteiger partial charge is 0.245 e. The Kier molecular flexibility index (Phi) is 14.3. The predicted molar refractivity (Wildman–Crippen MR) is 183 cm³/mol. The SMILES string of the molecule is CC[C@H](C)[C@H](NC(=O)[C@@H]1CCCN1C(=O)CNC(=O)C(C)(C)NC(=O)[C@H](Cc1cnc[nH]1)NC(=O)CC(C)C)C(=O)NCc1ccccc1. The number of nitrogens with one attached hydrogen (secondary N) is 6. The van der Waals surface area contributed by atoms with Gasteiger partial charge in [-0.05, 0) is 44.1 Å². The summed E-state index contributed by atoms with van der Waals surface area (Å²) in [6.45, 7) is 10.9. The van der Waals surface area contributed by atoms with Gasteiger partial charge in [-0.15, -0.1) is 0 Å². The van der Waals surface area contributed by atoms with Crippen LogP contribution in [0.2, 0.25) is 0 Å². The number of carbonyl (C=O) groups excluding carboxylic acids is 6. The van der Waals surface area contributed by atoms with E-state index in [1.807, 2.05) is 58.0 Å². The van der Waals surface area contributed by atoms with E-state index in [0.717, 1.165) is 5.56 Å². The van der Waals surface area contributed by atoms with Crippen LogP contribution in [0.15, 0.2) is 42.9 Å². The first-order chi connectivity index (χ1) is 23.2. The first-order valence-electron chi connectivity index (χ1n) is 17.0. The number of H-pyrrole nitrogens is 1. The molecule has 1 aromatic heterocycles. The molecule has 0 radical (unpaired) electrons. The summed E-state index contributed by atoms with van der Waals surface area (Å²) in [5, 5.41) is 13.8. The number of benzene rings is 1. The van der Waals surface area contributed by atoms with E-state index in [4.69, 9.17) is 0 Å². The standard InChI is InChI=1S/C35H52N8O6/c1-7-23(4)30(33(48)37-18-24-12-9-8-10-13-24)41-32(47)27-14-11-15-43(27)29(45)20-38-34(49)35(5,6)42-31(46)26(17-25-19-36-21-39-25)40-28(44)16-22(2)3/h8-10,12-13,19,21-23,26-27,30H,7,11,14-18,20H2,1-6H3,(H,36,39)(H,37,48)(H,38,49)(H,40,44)(H,41,47)(H,42,46)/t23-,26-,27-,30-/m0/s1. The van der Waals surface area contributed by atoms with Gasteiger partial charge in [-0.25, -0.2) is 4.98 Å². The van der Waals surface area contributed by atoms with Gasteiger partial charge in [0.25, 0.3) is 0 Å². The highest BCUT2D eigenvalue weighted by Gasteiger charge is 2.38. The van der Waals surface area contributed by atoms with Gasteiger partial charge in [-0.2, -0.15) is 0 Å². The van der Waals surface area contributed by atoms with E-state index < -0.39 is 53.8 Å². The number of rotatable bonds is 17. The molecule has 1 aliphatic rings. The molecule has 14 nitrogen and oxygen atoms in total. The summed E-state index contributed by atoms with van der Waals surface area (Å²) in [5.74, 6) is -2.73. The molecule has 1 saturated heterocycles. The quantitative estimate of drug-likeness (QED) is 0.145. The van der Waals surface area contributed by atoms with Crippen LogP contribution in [0.5, 0.6) is 0 Å². The molecule has 1 fully saturated rings. The Hall–Kier alpha value is -4.75. The van der Waals surface area contributed by atoms with Crippen LogP contribution in [0, 0.1) is 11.8 Å². The van der Waals surface area contributed by atoms with Crippen molar-refractivity contribution in [2.75, 3.05) is 13.1 Å². The zero-order valence-corrected chi connectivity index (χ0v) is 29.4. The van der Waals surface area contributed by atoms with Gasteiger partial charge in [0, 0.05) is 37.8 Å². The van der Waals surface area contributed by atoms with E-state index in [2.05, 4.69) is 36.6 Å². The average Bonchev–Trinajstić information content (AvgIpc) is 3.77. The maximum absolute atomic E-state index is 13.4. The fraction of sp³-hybridized carbons (Fsp3) is 0.571. The Morgan fingerprint density at radius 1 is 1.00 bits per heavy atom. The minimum atomic E-state index is -1.44. The summed E-state index contributed by atoms with van der Waals surface area (Å²) in [7, 11) is 0. The van der Waals surface area contributed by atoms with Crippen LogP contribution in [0.4, 0.5) is 0 Å². The van der Waals surface area contributed by atoms with Gasteiger partial charge in [0.2, 0.25) is 35.4 Å². The highest BCUT2D eigenvalue weighted by molar-refractivity contribution is 5.97. The molecule has 1 aromatic carbocycles. The lowest BCUT2D eigenvalue weighted by atomic mass is 9.97. The van der Waals surface area contributed by atoms with E-state index in [0.29, 0.717) is 38.0 Å². The van der Waals surface area contributed by atoms with Crippen LogP contribution in [-0.2, 0) is 41.7 Å². The van der Waals surface area contributed by atoms with Crippen molar-refractivity contribution in [1.82, 2.24) is 41.5 Å². The lowest BCUT2D eigenvalue weighted by Crippen LogP contribution is -2.60. The van der Waals surface area contributed by atoms with Crippen molar-refractivity contribution in [3.63, 3.8) is 0 Å². The number of likely N-dealkylation sites (tertiary alicyclic amines) is 1.